The van der Waals surface area contributed by atoms with Crippen LogP contribution in [-0.2, 0) is 4.84 Å². The van der Waals surface area contributed by atoms with Gasteiger partial charge in [0.05, 0.1) is 5.71 Å². The number of hydrogen-bond acceptors (Lipinski definition) is 4. The first kappa shape index (κ1) is 13.5. The third-order valence-corrected chi connectivity index (χ3v) is 2.65. The summed E-state index contributed by atoms with van der Waals surface area (Å²) in [6.45, 7) is 4.94. The second kappa shape index (κ2) is 7.63. The van der Waals surface area contributed by atoms with Gasteiger partial charge in [-0.15, -0.1) is 0 Å². The summed E-state index contributed by atoms with van der Waals surface area (Å²) in [7, 11) is 0. The van der Waals surface area contributed by atoms with Gasteiger partial charge in [-0.05, 0) is 25.7 Å². The fourth-order valence-corrected chi connectivity index (χ4v) is 1.70. The van der Waals surface area contributed by atoms with Gasteiger partial charge < -0.3 is 15.3 Å². The van der Waals surface area contributed by atoms with Crippen molar-refractivity contribution in [2.24, 2.45) is 5.16 Å². The Bertz CT molecular complexity index is 209. The molecule has 94 valence electrons. The molecule has 0 heterocycles. The Labute approximate surface area is 98.1 Å². The average molecular weight is 228 g/mol. The molecule has 4 nitrogen and oxygen atoms in total. The van der Waals surface area contributed by atoms with Crippen LogP contribution in [0.1, 0.15) is 46.0 Å². The largest absolute Gasteiger partial charge is 0.393 e. The maximum Gasteiger partial charge on any atom is 0.144 e. The smallest absolute Gasteiger partial charge is 0.144 e. The average Bonchev–Trinajstić information content (AvgIpc) is 2.28. The van der Waals surface area contributed by atoms with E-state index in [2.05, 4.69) is 24.3 Å². The van der Waals surface area contributed by atoms with Crippen molar-refractivity contribution in [2.45, 2.75) is 58.1 Å². The summed E-state index contributed by atoms with van der Waals surface area (Å²) in [4.78, 5) is 5.17. The maximum absolute atomic E-state index is 9.57. The van der Waals surface area contributed by atoms with Crippen molar-refractivity contribution in [3.8, 4) is 0 Å². The highest BCUT2D eigenvalue weighted by Crippen LogP contribution is 2.14. The summed E-state index contributed by atoms with van der Waals surface area (Å²) in [6.07, 6.45) is 5.38. The molecule has 0 spiro atoms. The predicted molar refractivity (Wildman–Crippen MR) is 65.6 cm³/mol. The summed E-state index contributed by atoms with van der Waals surface area (Å²) < 4.78 is 0. The van der Waals surface area contributed by atoms with E-state index in [1.807, 2.05) is 0 Å². The summed E-state index contributed by atoms with van der Waals surface area (Å²) >= 11 is 0. The van der Waals surface area contributed by atoms with Gasteiger partial charge in [0.1, 0.15) is 12.7 Å². The number of aliphatic hydroxyl groups excluding tert-OH is 1. The van der Waals surface area contributed by atoms with Gasteiger partial charge in [0.2, 0.25) is 0 Å². The summed E-state index contributed by atoms with van der Waals surface area (Å²) in [5.41, 5.74) is 1.15. The molecule has 2 N–H and O–H groups in total. The van der Waals surface area contributed by atoms with Gasteiger partial charge in [0.15, 0.2) is 0 Å². The minimum Gasteiger partial charge on any atom is -0.393 e. The van der Waals surface area contributed by atoms with E-state index < -0.39 is 6.10 Å². The molecule has 0 aromatic carbocycles. The first-order chi connectivity index (χ1) is 7.68. The van der Waals surface area contributed by atoms with Crippen molar-refractivity contribution >= 4 is 5.71 Å². The Morgan fingerprint density at radius 3 is 2.62 bits per heavy atom. The molecule has 1 unspecified atom stereocenters. The number of oxime groups is 1. The van der Waals surface area contributed by atoms with Crippen molar-refractivity contribution in [2.75, 3.05) is 13.2 Å². The minimum atomic E-state index is -0.477. The quantitative estimate of drug-likeness (QED) is 0.680. The van der Waals surface area contributed by atoms with Crippen LogP contribution in [0.2, 0.25) is 0 Å². The minimum absolute atomic E-state index is 0.281. The number of nitrogens with zero attached hydrogens (tertiary/aromatic N) is 1. The van der Waals surface area contributed by atoms with Crippen molar-refractivity contribution in [3.63, 3.8) is 0 Å². The summed E-state index contributed by atoms with van der Waals surface area (Å²) in [5.74, 6) is 0. The van der Waals surface area contributed by atoms with Crippen LogP contribution in [0.15, 0.2) is 5.16 Å². The molecular formula is C12H24N2O2. The van der Waals surface area contributed by atoms with Crippen LogP contribution >= 0.6 is 0 Å². The first-order valence-corrected chi connectivity index (χ1v) is 6.27. The van der Waals surface area contributed by atoms with Crippen LogP contribution in [0, 0.1) is 0 Å². The molecule has 1 aliphatic rings. The molecule has 4 heteroatoms. The Kier molecular flexibility index (Phi) is 6.42. The number of nitrogens with one attached hydrogen (secondary N) is 1. The Hall–Kier alpha value is -0.610. The fourth-order valence-electron chi connectivity index (χ4n) is 1.70. The van der Waals surface area contributed by atoms with Crippen LogP contribution in [0.3, 0.4) is 0 Å². The lowest BCUT2D eigenvalue weighted by molar-refractivity contribution is 0.0387. The highest BCUT2D eigenvalue weighted by atomic mass is 16.6. The lowest BCUT2D eigenvalue weighted by Crippen LogP contribution is -2.34. The number of rotatable bonds is 6. The van der Waals surface area contributed by atoms with E-state index in [-0.39, 0.29) is 6.61 Å². The van der Waals surface area contributed by atoms with E-state index >= 15 is 0 Å². The fraction of sp³-hybridized carbons (Fsp3) is 0.917. The molecule has 1 rings (SSSR count). The monoisotopic (exact) mass is 228 g/mol. The zero-order chi connectivity index (χ0) is 11.8. The molecule has 0 bridgehead atoms. The first-order valence-electron chi connectivity index (χ1n) is 6.27. The molecule has 1 saturated carbocycles. The van der Waals surface area contributed by atoms with Crippen LogP contribution in [-0.4, -0.2) is 36.1 Å². The van der Waals surface area contributed by atoms with E-state index in [0.29, 0.717) is 12.6 Å². The predicted octanol–water partition coefficient (Wildman–Crippen LogP) is 1.68. The Balaban J connectivity index is 2.08. The third kappa shape index (κ3) is 6.08. The van der Waals surface area contributed by atoms with E-state index in [0.717, 1.165) is 18.6 Å². The van der Waals surface area contributed by atoms with E-state index in [9.17, 15) is 5.11 Å². The summed E-state index contributed by atoms with van der Waals surface area (Å²) in [5, 5.41) is 16.8. The molecule has 0 radical (unpaired) electrons. The van der Waals surface area contributed by atoms with E-state index in [1.165, 1.54) is 19.3 Å². The third-order valence-electron chi connectivity index (χ3n) is 2.65. The molecule has 0 aromatic rings. The van der Waals surface area contributed by atoms with Crippen molar-refractivity contribution in [3.05, 3.63) is 0 Å². The van der Waals surface area contributed by atoms with Gasteiger partial charge in [-0.25, -0.2) is 0 Å². The molecule has 16 heavy (non-hydrogen) atoms. The van der Waals surface area contributed by atoms with Gasteiger partial charge in [-0.1, -0.05) is 25.4 Å². The normalized spacial score (nSPS) is 18.6. The highest BCUT2D eigenvalue weighted by Gasteiger charge is 2.08. The second-order valence-corrected chi connectivity index (χ2v) is 4.73. The SMILES string of the molecule is CC(C)NCC(O)CON=C1CCCCC1. The number of aliphatic hydroxyl groups is 1. The van der Waals surface area contributed by atoms with Gasteiger partial charge in [-0.3, -0.25) is 0 Å². The van der Waals surface area contributed by atoms with Crippen LogP contribution < -0.4 is 5.32 Å². The van der Waals surface area contributed by atoms with Crippen LogP contribution in [0.25, 0.3) is 0 Å². The number of hydrogen-bond donors (Lipinski definition) is 2. The van der Waals surface area contributed by atoms with Gasteiger partial charge in [0, 0.05) is 12.6 Å². The Morgan fingerprint density at radius 2 is 2.00 bits per heavy atom. The van der Waals surface area contributed by atoms with Gasteiger partial charge in [0.25, 0.3) is 0 Å². The second-order valence-electron chi connectivity index (χ2n) is 4.73. The van der Waals surface area contributed by atoms with Crippen LogP contribution in [0.4, 0.5) is 0 Å². The topological polar surface area (TPSA) is 53.8 Å². The standard InChI is InChI=1S/C12H24N2O2/c1-10(2)13-8-12(15)9-16-14-11-6-4-3-5-7-11/h10,12-13,15H,3-9H2,1-2H3. The lowest BCUT2D eigenvalue weighted by atomic mass is 9.99. The van der Waals surface area contributed by atoms with E-state index in [4.69, 9.17) is 4.84 Å². The van der Waals surface area contributed by atoms with Crippen molar-refractivity contribution in [1.82, 2.24) is 5.32 Å². The Morgan fingerprint density at radius 1 is 1.31 bits per heavy atom. The van der Waals surface area contributed by atoms with Gasteiger partial charge in [-0.2, -0.15) is 0 Å². The molecule has 0 saturated heterocycles. The molecule has 0 amide bonds. The van der Waals surface area contributed by atoms with E-state index in [1.54, 1.807) is 0 Å². The molecular weight excluding hydrogens is 204 g/mol. The van der Waals surface area contributed by atoms with Crippen molar-refractivity contribution < 1.29 is 9.94 Å². The molecule has 0 aromatic heterocycles. The molecule has 1 aliphatic carbocycles. The lowest BCUT2D eigenvalue weighted by Gasteiger charge is -2.14. The van der Waals surface area contributed by atoms with Crippen LogP contribution in [0.5, 0.6) is 0 Å². The molecule has 0 aliphatic heterocycles. The summed E-state index contributed by atoms with van der Waals surface area (Å²) in [6, 6.07) is 0.388. The highest BCUT2D eigenvalue weighted by molar-refractivity contribution is 5.84. The zero-order valence-corrected chi connectivity index (χ0v) is 10.4. The zero-order valence-electron chi connectivity index (χ0n) is 10.4. The van der Waals surface area contributed by atoms with Gasteiger partial charge >= 0.3 is 0 Å². The molecule has 1 fully saturated rings. The molecule has 1 atom stereocenters. The van der Waals surface area contributed by atoms with Crippen molar-refractivity contribution in [1.29, 1.82) is 0 Å². The maximum atomic E-state index is 9.57.